The van der Waals surface area contributed by atoms with Crippen LogP contribution in [0.1, 0.15) is 27.2 Å². The highest BCUT2D eigenvalue weighted by Gasteiger charge is 2.21. The van der Waals surface area contributed by atoms with Gasteiger partial charge in [-0.3, -0.25) is 4.79 Å². The van der Waals surface area contributed by atoms with Crippen LogP contribution in [-0.4, -0.2) is 21.1 Å². The normalized spacial score (nSPS) is 10.9. The molecule has 5 nitrogen and oxygen atoms in total. The molecule has 3 aromatic rings. The number of aryl methyl sites for hydroxylation is 1. The number of hydrogen-bond donors (Lipinski definition) is 0. The van der Waals surface area contributed by atoms with Gasteiger partial charge in [0.1, 0.15) is 5.69 Å². The largest absolute Gasteiger partial charge is 0.415 e. The molecule has 0 saturated carbocycles. The summed E-state index contributed by atoms with van der Waals surface area (Å²) < 4.78 is 7.72. The molecule has 0 bridgehead atoms. The van der Waals surface area contributed by atoms with Crippen molar-refractivity contribution in [3.63, 3.8) is 0 Å². The fourth-order valence-corrected chi connectivity index (χ4v) is 2.61. The first-order valence-corrected chi connectivity index (χ1v) is 7.05. The first kappa shape index (κ1) is 14.3. The Morgan fingerprint density at radius 2 is 1.68 bits per heavy atom. The predicted octanol–water partition coefficient (Wildman–Crippen LogP) is 3.48. The van der Waals surface area contributed by atoms with E-state index in [0.29, 0.717) is 17.3 Å². The van der Waals surface area contributed by atoms with Gasteiger partial charge in [0.2, 0.25) is 5.89 Å². The predicted molar refractivity (Wildman–Crippen MR) is 83.7 cm³/mol. The lowest BCUT2D eigenvalue weighted by molar-refractivity contribution is 0.112. The highest BCUT2D eigenvalue weighted by atomic mass is 16.4. The number of carbonyl (C=O) groups excluding carboxylic acids is 1. The monoisotopic (exact) mass is 295 g/mol. The summed E-state index contributed by atoms with van der Waals surface area (Å²) in [5.74, 6) is 0.896. The highest BCUT2D eigenvalue weighted by molar-refractivity contribution is 5.83. The van der Waals surface area contributed by atoms with E-state index in [1.165, 1.54) is 5.56 Å². The molecular weight excluding hydrogens is 278 g/mol. The van der Waals surface area contributed by atoms with E-state index in [9.17, 15) is 4.79 Å². The molecule has 0 aliphatic carbocycles. The molecule has 112 valence electrons. The molecule has 0 saturated heterocycles. The van der Waals surface area contributed by atoms with Crippen LogP contribution in [0.4, 0.5) is 0 Å². The van der Waals surface area contributed by atoms with Gasteiger partial charge in [0, 0.05) is 23.9 Å². The van der Waals surface area contributed by atoms with E-state index in [1.54, 1.807) is 0 Å². The van der Waals surface area contributed by atoms with Crippen LogP contribution in [0.15, 0.2) is 28.7 Å². The average molecular weight is 295 g/mol. The molecule has 0 aliphatic rings. The van der Waals surface area contributed by atoms with Crippen molar-refractivity contribution in [2.24, 2.45) is 7.05 Å². The molecule has 5 heteroatoms. The van der Waals surface area contributed by atoms with E-state index in [1.807, 2.05) is 56.7 Å². The Balaban J connectivity index is 2.08. The standard InChI is InChI=1S/C17H17N3O2/c1-10-5-7-13(8-6-10)16-18-19-17(22-16)15-11(2)14(9-21)12(3)20(15)4/h5-9H,1-4H3. The molecule has 2 heterocycles. The van der Waals surface area contributed by atoms with Gasteiger partial charge in [-0.25, -0.2) is 0 Å². The lowest BCUT2D eigenvalue weighted by atomic mass is 10.1. The van der Waals surface area contributed by atoms with Crippen molar-refractivity contribution < 1.29 is 9.21 Å². The van der Waals surface area contributed by atoms with Crippen molar-refractivity contribution in [1.82, 2.24) is 14.8 Å². The van der Waals surface area contributed by atoms with Gasteiger partial charge in [-0.15, -0.1) is 10.2 Å². The topological polar surface area (TPSA) is 60.9 Å². The molecule has 0 N–H and O–H groups in total. The summed E-state index contributed by atoms with van der Waals surface area (Å²) in [6.45, 7) is 5.82. The summed E-state index contributed by atoms with van der Waals surface area (Å²) in [4.78, 5) is 11.2. The SMILES string of the molecule is Cc1ccc(-c2nnc(-c3c(C)c(C=O)c(C)n3C)o2)cc1. The zero-order chi connectivity index (χ0) is 15.9. The van der Waals surface area contributed by atoms with Crippen LogP contribution < -0.4 is 0 Å². The number of nitrogens with zero attached hydrogens (tertiary/aromatic N) is 3. The molecule has 0 unspecified atom stereocenters. The molecule has 0 spiro atoms. The van der Waals surface area contributed by atoms with Crippen LogP contribution in [0.3, 0.4) is 0 Å². The lowest BCUT2D eigenvalue weighted by Crippen LogP contribution is -1.95. The first-order valence-electron chi connectivity index (χ1n) is 7.05. The van der Waals surface area contributed by atoms with E-state index < -0.39 is 0 Å². The van der Waals surface area contributed by atoms with Crippen molar-refractivity contribution >= 4 is 6.29 Å². The third-order valence-electron chi connectivity index (χ3n) is 4.03. The van der Waals surface area contributed by atoms with Gasteiger partial charge >= 0.3 is 0 Å². The maximum Gasteiger partial charge on any atom is 0.264 e. The van der Waals surface area contributed by atoms with Gasteiger partial charge in [-0.1, -0.05) is 17.7 Å². The molecule has 0 amide bonds. The smallest absolute Gasteiger partial charge is 0.264 e. The average Bonchev–Trinajstić information content (AvgIpc) is 3.05. The minimum atomic E-state index is 0.423. The third kappa shape index (κ3) is 2.15. The van der Waals surface area contributed by atoms with Gasteiger partial charge in [0.05, 0.1) is 0 Å². The molecule has 3 rings (SSSR count). The molecule has 2 aromatic heterocycles. The summed E-state index contributed by atoms with van der Waals surface area (Å²) in [5, 5.41) is 8.26. The maximum atomic E-state index is 11.2. The van der Waals surface area contributed by atoms with Gasteiger partial charge in [-0.2, -0.15) is 0 Å². The summed E-state index contributed by atoms with van der Waals surface area (Å²) in [6, 6.07) is 7.91. The number of aldehydes is 1. The van der Waals surface area contributed by atoms with Crippen molar-refractivity contribution in [3.05, 3.63) is 46.6 Å². The molecule has 0 aliphatic heterocycles. The number of benzene rings is 1. The van der Waals surface area contributed by atoms with E-state index in [4.69, 9.17) is 4.42 Å². The Morgan fingerprint density at radius 1 is 1.05 bits per heavy atom. The molecule has 0 fully saturated rings. The summed E-state index contributed by atoms with van der Waals surface area (Å²) in [5.41, 5.74) is 5.25. The van der Waals surface area contributed by atoms with Crippen LogP contribution >= 0.6 is 0 Å². The molecule has 1 aromatic carbocycles. The van der Waals surface area contributed by atoms with Crippen molar-refractivity contribution in [3.8, 4) is 23.0 Å². The number of aromatic nitrogens is 3. The second kappa shape index (κ2) is 5.26. The van der Waals surface area contributed by atoms with Gasteiger partial charge in [0.15, 0.2) is 6.29 Å². The zero-order valence-electron chi connectivity index (χ0n) is 13.0. The minimum Gasteiger partial charge on any atom is -0.415 e. The van der Waals surface area contributed by atoms with Crippen molar-refractivity contribution in [1.29, 1.82) is 0 Å². The molecule has 0 atom stereocenters. The Kier molecular flexibility index (Phi) is 3.41. The van der Waals surface area contributed by atoms with Crippen LogP contribution in [0.25, 0.3) is 23.0 Å². The van der Waals surface area contributed by atoms with Crippen molar-refractivity contribution in [2.45, 2.75) is 20.8 Å². The van der Waals surface area contributed by atoms with Gasteiger partial charge in [-0.05, 0) is 38.5 Å². The second-order valence-electron chi connectivity index (χ2n) is 5.43. The van der Waals surface area contributed by atoms with Crippen molar-refractivity contribution in [2.75, 3.05) is 0 Å². The number of rotatable bonds is 3. The first-order chi connectivity index (χ1) is 10.5. The Morgan fingerprint density at radius 3 is 2.27 bits per heavy atom. The quantitative estimate of drug-likeness (QED) is 0.694. The lowest BCUT2D eigenvalue weighted by Gasteiger charge is -2.01. The Labute approximate surface area is 128 Å². The van der Waals surface area contributed by atoms with Crippen LogP contribution in [0.2, 0.25) is 0 Å². The van der Waals surface area contributed by atoms with Crippen LogP contribution in [0, 0.1) is 20.8 Å². The summed E-state index contributed by atoms with van der Waals surface area (Å²) in [6.07, 6.45) is 0.866. The van der Waals surface area contributed by atoms with E-state index in [0.717, 1.165) is 28.8 Å². The zero-order valence-corrected chi connectivity index (χ0v) is 13.0. The van der Waals surface area contributed by atoms with E-state index in [-0.39, 0.29) is 0 Å². The van der Waals surface area contributed by atoms with E-state index in [2.05, 4.69) is 10.2 Å². The highest BCUT2D eigenvalue weighted by Crippen LogP contribution is 2.30. The molecular formula is C17H17N3O2. The van der Waals surface area contributed by atoms with Gasteiger partial charge in [0.25, 0.3) is 5.89 Å². The Hall–Kier alpha value is -2.69. The Bertz CT molecular complexity index is 842. The summed E-state index contributed by atoms with van der Waals surface area (Å²) >= 11 is 0. The molecule has 0 radical (unpaired) electrons. The van der Waals surface area contributed by atoms with Crippen LogP contribution in [-0.2, 0) is 7.05 Å². The van der Waals surface area contributed by atoms with Crippen LogP contribution in [0.5, 0.6) is 0 Å². The second-order valence-corrected chi connectivity index (χ2v) is 5.43. The summed E-state index contributed by atoms with van der Waals surface area (Å²) in [7, 11) is 1.89. The maximum absolute atomic E-state index is 11.2. The van der Waals surface area contributed by atoms with Gasteiger partial charge < -0.3 is 8.98 Å². The van der Waals surface area contributed by atoms with E-state index >= 15 is 0 Å². The molecule has 22 heavy (non-hydrogen) atoms. The minimum absolute atomic E-state index is 0.423. The third-order valence-corrected chi connectivity index (χ3v) is 4.03. The fourth-order valence-electron chi connectivity index (χ4n) is 2.61. The fraction of sp³-hybridized carbons (Fsp3) is 0.235. The number of carbonyl (C=O) groups is 1. The number of hydrogen-bond acceptors (Lipinski definition) is 4.